The quantitative estimate of drug-likeness (QED) is 0.423. The van der Waals surface area contributed by atoms with Crippen molar-refractivity contribution in [1.82, 2.24) is 15.1 Å². The minimum Gasteiger partial charge on any atom is -0.496 e. The van der Waals surface area contributed by atoms with Crippen molar-refractivity contribution in [1.29, 1.82) is 0 Å². The zero-order valence-corrected chi connectivity index (χ0v) is 26.2. The number of hydrogen-bond donors (Lipinski definition) is 1. The summed E-state index contributed by atoms with van der Waals surface area (Å²) in [7, 11) is -2.99. The first kappa shape index (κ1) is 30.4. The number of sulfonamides is 1. The number of hydrogen-bond acceptors (Lipinski definition) is 8. The topological polar surface area (TPSA) is 108 Å². The van der Waals surface area contributed by atoms with Crippen molar-refractivity contribution in [3.63, 3.8) is 0 Å². The van der Waals surface area contributed by atoms with E-state index in [1.54, 1.807) is 47.4 Å². The van der Waals surface area contributed by atoms with Crippen LogP contribution in [0.25, 0.3) is 0 Å². The summed E-state index contributed by atoms with van der Waals surface area (Å²) in [4.78, 5) is 33.0. The number of halogens is 1. The Morgan fingerprint density at radius 1 is 0.977 bits per heavy atom. The Morgan fingerprint density at radius 2 is 1.68 bits per heavy atom. The molecule has 0 aromatic heterocycles. The Bertz CT molecular complexity index is 1660. The van der Waals surface area contributed by atoms with Crippen LogP contribution in [-0.2, 0) is 25.2 Å². The molecule has 3 aromatic carbocycles. The van der Waals surface area contributed by atoms with Gasteiger partial charge in [0, 0.05) is 43.3 Å². The van der Waals surface area contributed by atoms with Gasteiger partial charge < -0.3 is 14.8 Å². The Hall–Kier alpha value is -3.64. The predicted molar refractivity (Wildman–Crippen MR) is 166 cm³/mol. The molecule has 0 spiro atoms. The number of methoxy groups -OCH3 is 1. The number of piperazine rings is 1. The molecule has 0 radical (unpaired) electrons. The summed E-state index contributed by atoms with van der Waals surface area (Å²) < 4.78 is 41.0. The SMILES string of the molecule is COc1ccccc1C1(OC(=O)N2CCNCC2N2CCC(C)CC2)C(=O)N(S(=O)(=O)c2ccccc2)c2ccc(Cl)cc21. The maximum Gasteiger partial charge on any atom is 0.412 e. The molecule has 0 bridgehead atoms. The second-order valence-electron chi connectivity index (χ2n) is 11.4. The molecule has 3 aliphatic rings. The van der Waals surface area contributed by atoms with Crippen LogP contribution in [0.2, 0.25) is 5.02 Å². The highest BCUT2D eigenvalue weighted by Crippen LogP contribution is 2.52. The molecule has 2 amide bonds. The number of piperidine rings is 1. The molecule has 2 atom stereocenters. The Kier molecular flexibility index (Phi) is 8.31. The molecule has 3 heterocycles. The normalized spacial score (nSPS) is 23.0. The van der Waals surface area contributed by atoms with Crippen LogP contribution in [0.15, 0.2) is 77.7 Å². The van der Waals surface area contributed by atoms with Crippen molar-refractivity contribution in [2.75, 3.05) is 44.1 Å². The number of carbonyl (C=O) groups excluding carboxylic acids is 2. The summed E-state index contributed by atoms with van der Waals surface area (Å²) in [6, 6.07) is 18.8. The molecule has 0 saturated carbocycles. The van der Waals surface area contributed by atoms with Crippen LogP contribution < -0.4 is 14.4 Å². The molecule has 44 heavy (non-hydrogen) atoms. The number of ether oxygens (including phenoxy) is 2. The molecule has 10 nitrogen and oxygen atoms in total. The molecule has 3 aliphatic heterocycles. The number of fused-ring (bicyclic) bond motifs is 1. The van der Waals surface area contributed by atoms with Gasteiger partial charge >= 0.3 is 6.09 Å². The number of nitrogens with one attached hydrogen (secondary N) is 1. The maximum absolute atomic E-state index is 14.9. The number of rotatable bonds is 6. The van der Waals surface area contributed by atoms with E-state index in [4.69, 9.17) is 21.1 Å². The number of para-hydroxylation sites is 1. The molecule has 6 rings (SSSR count). The highest BCUT2D eigenvalue weighted by Gasteiger charge is 2.61. The van der Waals surface area contributed by atoms with Gasteiger partial charge in [0.05, 0.1) is 23.3 Å². The van der Waals surface area contributed by atoms with Crippen molar-refractivity contribution in [2.45, 2.75) is 36.4 Å². The second-order valence-corrected chi connectivity index (χ2v) is 13.6. The lowest BCUT2D eigenvalue weighted by molar-refractivity contribution is -0.133. The van der Waals surface area contributed by atoms with E-state index >= 15 is 0 Å². The number of nitrogens with zero attached hydrogens (tertiary/aromatic N) is 3. The van der Waals surface area contributed by atoms with Crippen molar-refractivity contribution in [3.8, 4) is 5.75 Å². The van der Waals surface area contributed by atoms with Gasteiger partial charge in [-0.2, -0.15) is 4.31 Å². The van der Waals surface area contributed by atoms with E-state index < -0.39 is 27.6 Å². The van der Waals surface area contributed by atoms with E-state index in [-0.39, 0.29) is 38.6 Å². The average Bonchev–Trinajstić information content (AvgIpc) is 3.29. The van der Waals surface area contributed by atoms with Crippen LogP contribution in [0, 0.1) is 5.92 Å². The van der Waals surface area contributed by atoms with Gasteiger partial charge in [0.15, 0.2) is 0 Å². The zero-order valence-electron chi connectivity index (χ0n) is 24.6. The fraction of sp³-hybridized carbons (Fsp3) is 0.375. The standard InChI is InChI=1S/C32H35ClN4O6S/c1-22-14-17-35(18-15-22)29-21-34-16-19-36(29)31(39)43-32(25-10-6-7-11-28(25)42-2)26-20-23(33)12-13-27(26)37(30(32)38)44(40,41)24-8-4-3-5-9-24/h3-13,20,22,29,34H,14-19,21H2,1-2H3. The van der Waals surface area contributed by atoms with E-state index in [2.05, 4.69) is 17.1 Å². The molecular formula is C32H35ClN4O6S. The molecule has 12 heteroatoms. The number of anilines is 1. The predicted octanol–water partition coefficient (Wildman–Crippen LogP) is 4.43. The minimum absolute atomic E-state index is 0.0452. The lowest BCUT2D eigenvalue weighted by Gasteiger charge is -2.45. The number of amides is 2. The van der Waals surface area contributed by atoms with E-state index in [1.165, 1.54) is 37.4 Å². The Morgan fingerprint density at radius 3 is 2.41 bits per heavy atom. The summed E-state index contributed by atoms with van der Waals surface area (Å²) in [5, 5.41) is 3.62. The molecule has 0 aliphatic carbocycles. The average molecular weight is 639 g/mol. The zero-order chi connectivity index (χ0) is 31.1. The molecule has 232 valence electrons. The van der Waals surface area contributed by atoms with Gasteiger partial charge in [-0.1, -0.05) is 54.9 Å². The third-order valence-electron chi connectivity index (χ3n) is 8.74. The highest BCUT2D eigenvalue weighted by molar-refractivity contribution is 7.93. The minimum atomic E-state index is -4.43. The summed E-state index contributed by atoms with van der Waals surface area (Å²) in [6.45, 7) is 5.31. The number of likely N-dealkylation sites (tertiary alicyclic amines) is 1. The molecule has 2 fully saturated rings. The maximum atomic E-state index is 14.9. The number of carbonyl (C=O) groups is 2. The first-order chi connectivity index (χ1) is 21.2. The van der Waals surface area contributed by atoms with E-state index in [1.807, 2.05) is 0 Å². The highest BCUT2D eigenvalue weighted by atomic mass is 35.5. The number of benzene rings is 3. The van der Waals surface area contributed by atoms with Crippen molar-refractivity contribution in [2.24, 2.45) is 5.92 Å². The van der Waals surface area contributed by atoms with E-state index in [0.717, 1.165) is 30.2 Å². The second kappa shape index (κ2) is 12.0. The van der Waals surface area contributed by atoms with Gasteiger partial charge in [-0.05, 0) is 55.2 Å². The van der Waals surface area contributed by atoms with E-state index in [0.29, 0.717) is 25.6 Å². The molecule has 3 aromatic rings. The van der Waals surface area contributed by atoms with E-state index in [9.17, 15) is 18.0 Å². The first-order valence-corrected chi connectivity index (χ1v) is 16.5. The lowest BCUT2D eigenvalue weighted by atomic mass is 9.86. The van der Waals surface area contributed by atoms with Gasteiger partial charge in [0.25, 0.3) is 15.9 Å². The van der Waals surface area contributed by atoms with Gasteiger partial charge in [0.2, 0.25) is 5.60 Å². The largest absolute Gasteiger partial charge is 0.496 e. The lowest BCUT2D eigenvalue weighted by Crippen LogP contribution is -2.63. The fourth-order valence-corrected chi connectivity index (χ4v) is 8.02. The van der Waals surface area contributed by atoms with Crippen LogP contribution in [0.4, 0.5) is 10.5 Å². The van der Waals surface area contributed by atoms with Crippen molar-refractivity contribution >= 4 is 39.3 Å². The summed E-state index contributed by atoms with van der Waals surface area (Å²) in [6.07, 6.45) is 1.000. The first-order valence-electron chi connectivity index (χ1n) is 14.7. The van der Waals surface area contributed by atoms with Gasteiger partial charge in [-0.3, -0.25) is 14.6 Å². The molecule has 2 unspecified atom stereocenters. The van der Waals surface area contributed by atoms with Crippen molar-refractivity contribution in [3.05, 3.63) is 88.9 Å². The third-order valence-corrected chi connectivity index (χ3v) is 10.7. The summed E-state index contributed by atoms with van der Waals surface area (Å²) in [5.41, 5.74) is -1.85. The summed E-state index contributed by atoms with van der Waals surface area (Å²) >= 11 is 6.48. The van der Waals surface area contributed by atoms with Crippen LogP contribution in [-0.4, -0.2) is 76.2 Å². The van der Waals surface area contributed by atoms with Gasteiger partial charge in [-0.15, -0.1) is 0 Å². The van der Waals surface area contributed by atoms with Crippen LogP contribution >= 0.6 is 11.6 Å². The monoisotopic (exact) mass is 638 g/mol. The van der Waals surface area contributed by atoms with Crippen LogP contribution in [0.5, 0.6) is 5.75 Å². The third kappa shape index (κ3) is 5.11. The molecule has 1 N–H and O–H groups in total. The van der Waals surface area contributed by atoms with Crippen LogP contribution in [0.1, 0.15) is 30.9 Å². The van der Waals surface area contributed by atoms with Crippen molar-refractivity contribution < 1.29 is 27.5 Å². The van der Waals surface area contributed by atoms with Crippen LogP contribution in [0.3, 0.4) is 0 Å². The smallest absolute Gasteiger partial charge is 0.412 e. The summed E-state index contributed by atoms with van der Waals surface area (Å²) in [5.74, 6) is -0.109. The molecule has 2 saturated heterocycles. The Labute approximate surface area is 262 Å². The fourth-order valence-electron chi connectivity index (χ4n) is 6.37. The molecular weight excluding hydrogens is 604 g/mol. The van der Waals surface area contributed by atoms with Gasteiger partial charge in [0.1, 0.15) is 11.9 Å². The Balaban J connectivity index is 1.50. The van der Waals surface area contributed by atoms with Gasteiger partial charge in [-0.25, -0.2) is 13.2 Å².